The number of rotatable bonds is 3. The SMILES string of the molecule is NNC1CCN(c2ccc(C(=O)O)cc2)CC1. The van der Waals surface area contributed by atoms with Gasteiger partial charge in [0, 0.05) is 24.8 Å². The fraction of sp³-hybridized carbons (Fsp3) is 0.417. The molecule has 4 N–H and O–H groups in total. The van der Waals surface area contributed by atoms with Gasteiger partial charge in [-0.1, -0.05) is 0 Å². The summed E-state index contributed by atoms with van der Waals surface area (Å²) >= 11 is 0. The number of nitrogens with zero attached hydrogens (tertiary/aromatic N) is 1. The fourth-order valence-electron chi connectivity index (χ4n) is 2.12. The zero-order valence-corrected chi connectivity index (χ0v) is 9.60. The molecule has 0 radical (unpaired) electrons. The minimum absolute atomic E-state index is 0.326. The van der Waals surface area contributed by atoms with E-state index in [0.717, 1.165) is 31.6 Å². The highest BCUT2D eigenvalue weighted by Gasteiger charge is 2.18. The number of carboxylic acid groups (broad SMARTS) is 1. The van der Waals surface area contributed by atoms with E-state index in [1.165, 1.54) is 0 Å². The average molecular weight is 235 g/mol. The van der Waals surface area contributed by atoms with Crippen LogP contribution in [0.1, 0.15) is 23.2 Å². The molecule has 0 bridgehead atoms. The largest absolute Gasteiger partial charge is 0.478 e. The van der Waals surface area contributed by atoms with E-state index in [0.29, 0.717) is 11.6 Å². The summed E-state index contributed by atoms with van der Waals surface area (Å²) in [6.45, 7) is 1.89. The second kappa shape index (κ2) is 5.16. The van der Waals surface area contributed by atoms with Crippen LogP contribution in [-0.4, -0.2) is 30.2 Å². The van der Waals surface area contributed by atoms with E-state index in [9.17, 15) is 4.79 Å². The highest BCUT2D eigenvalue weighted by molar-refractivity contribution is 5.88. The molecule has 1 aliphatic rings. The highest BCUT2D eigenvalue weighted by atomic mass is 16.4. The summed E-state index contributed by atoms with van der Waals surface area (Å²) < 4.78 is 0. The monoisotopic (exact) mass is 235 g/mol. The lowest BCUT2D eigenvalue weighted by Gasteiger charge is -2.33. The number of hydrogen-bond acceptors (Lipinski definition) is 4. The van der Waals surface area contributed by atoms with Gasteiger partial charge in [-0.25, -0.2) is 4.79 Å². The maximum atomic E-state index is 10.7. The van der Waals surface area contributed by atoms with Crippen LogP contribution in [0, 0.1) is 0 Å². The van der Waals surface area contributed by atoms with Crippen molar-refractivity contribution in [3.8, 4) is 0 Å². The molecule has 5 nitrogen and oxygen atoms in total. The highest BCUT2D eigenvalue weighted by Crippen LogP contribution is 2.20. The molecule has 5 heteroatoms. The van der Waals surface area contributed by atoms with Gasteiger partial charge in [0.15, 0.2) is 0 Å². The molecule has 0 aromatic heterocycles. The van der Waals surface area contributed by atoms with Crippen LogP contribution in [0.3, 0.4) is 0 Å². The molecule has 2 rings (SSSR count). The quantitative estimate of drug-likeness (QED) is 0.534. The lowest BCUT2D eigenvalue weighted by Crippen LogP contribution is -2.45. The third kappa shape index (κ3) is 2.75. The van der Waals surface area contributed by atoms with Gasteiger partial charge in [-0.05, 0) is 37.1 Å². The maximum Gasteiger partial charge on any atom is 0.335 e. The Kier molecular flexibility index (Phi) is 3.61. The number of hydrogen-bond donors (Lipinski definition) is 3. The van der Waals surface area contributed by atoms with Crippen LogP contribution in [-0.2, 0) is 0 Å². The normalized spacial score (nSPS) is 17.1. The van der Waals surface area contributed by atoms with E-state index in [1.807, 2.05) is 12.1 Å². The second-order valence-electron chi connectivity index (χ2n) is 4.28. The summed E-state index contributed by atoms with van der Waals surface area (Å²) in [4.78, 5) is 13.0. The molecule has 1 aromatic rings. The molecule has 17 heavy (non-hydrogen) atoms. The van der Waals surface area contributed by atoms with Gasteiger partial charge in [0.2, 0.25) is 0 Å². The number of aromatic carboxylic acids is 1. The first kappa shape index (κ1) is 11.9. The van der Waals surface area contributed by atoms with E-state index in [4.69, 9.17) is 10.9 Å². The van der Waals surface area contributed by atoms with Crippen molar-refractivity contribution >= 4 is 11.7 Å². The van der Waals surface area contributed by atoms with Gasteiger partial charge in [-0.3, -0.25) is 11.3 Å². The van der Waals surface area contributed by atoms with Crippen LogP contribution >= 0.6 is 0 Å². The molecule has 1 aromatic carbocycles. The van der Waals surface area contributed by atoms with Crippen molar-refractivity contribution in [2.75, 3.05) is 18.0 Å². The van der Waals surface area contributed by atoms with E-state index in [2.05, 4.69) is 10.3 Å². The molecule has 92 valence electrons. The van der Waals surface area contributed by atoms with Crippen molar-refractivity contribution in [1.29, 1.82) is 0 Å². The molecule has 1 fully saturated rings. The summed E-state index contributed by atoms with van der Waals surface area (Å²) in [5.74, 6) is 4.52. The van der Waals surface area contributed by atoms with Crippen LogP contribution < -0.4 is 16.2 Å². The summed E-state index contributed by atoms with van der Waals surface area (Å²) in [5, 5.41) is 8.82. The number of anilines is 1. The van der Waals surface area contributed by atoms with Crippen molar-refractivity contribution in [3.63, 3.8) is 0 Å². The second-order valence-corrected chi connectivity index (χ2v) is 4.28. The van der Waals surface area contributed by atoms with Crippen LogP contribution in [0.2, 0.25) is 0 Å². The van der Waals surface area contributed by atoms with Crippen molar-refractivity contribution in [2.24, 2.45) is 5.84 Å². The van der Waals surface area contributed by atoms with Crippen LogP contribution in [0.4, 0.5) is 5.69 Å². The topological polar surface area (TPSA) is 78.6 Å². The standard InChI is InChI=1S/C12H17N3O2/c13-14-10-5-7-15(8-6-10)11-3-1-9(2-4-11)12(16)17/h1-4,10,14H,5-8,13H2,(H,16,17). The Morgan fingerprint density at radius 1 is 1.29 bits per heavy atom. The zero-order valence-electron chi connectivity index (χ0n) is 9.60. The molecule has 0 aliphatic carbocycles. The Labute approximate surface area is 100 Å². The Balaban J connectivity index is 2.01. The smallest absolute Gasteiger partial charge is 0.335 e. The Morgan fingerprint density at radius 2 is 1.88 bits per heavy atom. The van der Waals surface area contributed by atoms with Crippen molar-refractivity contribution in [2.45, 2.75) is 18.9 Å². The molecule has 0 saturated carbocycles. The maximum absolute atomic E-state index is 10.7. The average Bonchev–Trinajstić information content (AvgIpc) is 2.39. The molecule has 1 aliphatic heterocycles. The van der Waals surface area contributed by atoms with Gasteiger partial charge in [0.05, 0.1) is 5.56 Å². The van der Waals surface area contributed by atoms with Crippen LogP contribution in [0.5, 0.6) is 0 Å². The van der Waals surface area contributed by atoms with Crippen molar-refractivity contribution in [3.05, 3.63) is 29.8 Å². The minimum Gasteiger partial charge on any atom is -0.478 e. The number of piperidine rings is 1. The Morgan fingerprint density at radius 3 is 2.35 bits per heavy atom. The third-order valence-corrected chi connectivity index (χ3v) is 3.21. The van der Waals surface area contributed by atoms with E-state index < -0.39 is 5.97 Å². The van der Waals surface area contributed by atoms with E-state index in [-0.39, 0.29) is 0 Å². The number of hydrazine groups is 1. The van der Waals surface area contributed by atoms with E-state index >= 15 is 0 Å². The van der Waals surface area contributed by atoms with Crippen molar-refractivity contribution < 1.29 is 9.90 Å². The molecule has 0 spiro atoms. The third-order valence-electron chi connectivity index (χ3n) is 3.21. The number of carboxylic acids is 1. The number of nitrogens with one attached hydrogen (secondary N) is 1. The van der Waals surface area contributed by atoms with Gasteiger partial charge in [-0.15, -0.1) is 0 Å². The zero-order chi connectivity index (χ0) is 12.3. The number of benzene rings is 1. The van der Waals surface area contributed by atoms with E-state index in [1.54, 1.807) is 12.1 Å². The first-order valence-electron chi connectivity index (χ1n) is 5.75. The van der Waals surface area contributed by atoms with Crippen LogP contribution in [0.25, 0.3) is 0 Å². The Hall–Kier alpha value is -1.59. The van der Waals surface area contributed by atoms with Gasteiger partial charge in [-0.2, -0.15) is 0 Å². The Bertz CT molecular complexity index is 383. The molecule has 0 atom stereocenters. The molecule has 1 saturated heterocycles. The summed E-state index contributed by atoms with van der Waals surface area (Å²) in [7, 11) is 0. The van der Waals surface area contributed by atoms with Crippen molar-refractivity contribution in [1.82, 2.24) is 5.43 Å². The molecular weight excluding hydrogens is 218 g/mol. The lowest BCUT2D eigenvalue weighted by molar-refractivity contribution is 0.0697. The predicted molar refractivity (Wildman–Crippen MR) is 66.0 cm³/mol. The fourth-order valence-corrected chi connectivity index (χ4v) is 2.12. The lowest BCUT2D eigenvalue weighted by atomic mass is 10.0. The van der Waals surface area contributed by atoms with Gasteiger partial charge < -0.3 is 10.0 Å². The first-order chi connectivity index (χ1) is 8.20. The van der Waals surface area contributed by atoms with Gasteiger partial charge in [0.1, 0.15) is 0 Å². The molecule has 0 unspecified atom stereocenters. The number of nitrogens with two attached hydrogens (primary N) is 1. The molecule has 1 heterocycles. The molecule has 0 amide bonds. The van der Waals surface area contributed by atoms with Gasteiger partial charge >= 0.3 is 5.97 Å². The van der Waals surface area contributed by atoms with Gasteiger partial charge in [0.25, 0.3) is 0 Å². The van der Waals surface area contributed by atoms with Crippen LogP contribution in [0.15, 0.2) is 24.3 Å². The predicted octanol–water partition coefficient (Wildman–Crippen LogP) is 0.817. The molecular formula is C12H17N3O2. The first-order valence-corrected chi connectivity index (χ1v) is 5.75. The summed E-state index contributed by atoms with van der Waals surface area (Å²) in [6.07, 6.45) is 2.02. The summed E-state index contributed by atoms with van der Waals surface area (Å²) in [5.41, 5.74) is 4.20. The minimum atomic E-state index is -0.886. The number of carbonyl (C=O) groups is 1. The summed E-state index contributed by atoms with van der Waals surface area (Å²) in [6, 6.07) is 7.40.